The van der Waals surface area contributed by atoms with Gasteiger partial charge in [0.1, 0.15) is 0 Å². The first-order valence-corrected chi connectivity index (χ1v) is 6.89. The van der Waals surface area contributed by atoms with Gasteiger partial charge in [-0.1, -0.05) is 12.8 Å². The summed E-state index contributed by atoms with van der Waals surface area (Å²) in [5.74, 6) is 0.0616. The Morgan fingerprint density at radius 2 is 1.94 bits per heavy atom. The second-order valence-corrected chi connectivity index (χ2v) is 5.36. The maximum atomic E-state index is 11.6. The number of aryl methyl sites for hydroxylation is 2. The molecule has 1 rings (SSSR count). The summed E-state index contributed by atoms with van der Waals surface area (Å²) in [4.78, 5) is 17.0. The average Bonchev–Trinajstić information content (AvgIpc) is 2.57. The summed E-state index contributed by atoms with van der Waals surface area (Å²) in [7, 11) is 0. The van der Waals surface area contributed by atoms with Crippen LogP contribution < -0.4 is 11.1 Å². The number of aromatic nitrogens is 1. The van der Waals surface area contributed by atoms with Crippen LogP contribution in [0.3, 0.4) is 0 Å². The average molecular weight is 292 g/mol. The van der Waals surface area contributed by atoms with E-state index in [9.17, 15) is 4.79 Å². The van der Waals surface area contributed by atoms with E-state index >= 15 is 0 Å². The van der Waals surface area contributed by atoms with Gasteiger partial charge < -0.3 is 11.1 Å². The normalized spacial score (nSPS) is 9.94. The van der Waals surface area contributed by atoms with Crippen LogP contribution in [0.15, 0.2) is 0 Å². The number of rotatable bonds is 7. The number of thiazole rings is 1. The number of nitrogens with zero attached hydrogens (tertiary/aromatic N) is 1. The Hall–Kier alpha value is -0.650. The molecule has 0 saturated carbocycles. The molecule has 0 unspecified atom stereocenters. The first kappa shape index (κ1) is 17.4. The molecule has 3 N–H and O–H groups in total. The molecule has 0 aliphatic rings. The third-order valence-electron chi connectivity index (χ3n) is 2.63. The molecule has 0 saturated heterocycles. The first-order chi connectivity index (χ1) is 8.13. The number of nitrogens with one attached hydrogen (secondary N) is 1. The summed E-state index contributed by atoms with van der Waals surface area (Å²) in [6.45, 7) is 4.70. The zero-order valence-corrected chi connectivity index (χ0v) is 12.6. The Balaban J connectivity index is 0.00000289. The molecular formula is C12H22ClN3OS. The second-order valence-electron chi connectivity index (χ2n) is 4.16. The highest BCUT2D eigenvalue weighted by Crippen LogP contribution is 2.21. The summed E-state index contributed by atoms with van der Waals surface area (Å²) in [5.41, 5.74) is 6.40. The number of unbranched alkanes of at least 4 members (excludes halogenated alkanes) is 3. The largest absolute Gasteiger partial charge is 0.330 e. The molecule has 0 aliphatic carbocycles. The van der Waals surface area contributed by atoms with Gasteiger partial charge in [0.05, 0.1) is 5.69 Å². The smallest absolute Gasteiger partial charge is 0.226 e. The van der Waals surface area contributed by atoms with Crippen molar-refractivity contribution in [3.63, 3.8) is 0 Å². The van der Waals surface area contributed by atoms with Crippen LogP contribution in [0.2, 0.25) is 0 Å². The van der Waals surface area contributed by atoms with Gasteiger partial charge in [0.25, 0.3) is 0 Å². The highest BCUT2D eigenvalue weighted by Gasteiger charge is 2.07. The van der Waals surface area contributed by atoms with Gasteiger partial charge >= 0.3 is 0 Å². The molecule has 0 bridgehead atoms. The number of halogens is 1. The molecule has 4 nitrogen and oxygen atoms in total. The van der Waals surface area contributed by atoms with Crippen LogP contribution in [0, 0.1) is 13.8 Å². The number of hydrogen-bond donors (Lipinski definition) is 2. The van der Waals surface area contributed by atoms with Gasteiger partial charge in [0, 0.05) is 11.3 Å². The predicted molar refractivity (Wildman–Crippen MR) is 79.6 cm³/mol. The summed E-state index contributed by atoms with van der Waals surface area (Å²) < 4.78 is 0. The molecule has 6 heteroatoms. The Morgan fingerprint density at radius 3 is 2.50 bits per heavy atom. The van der Waals surface area contributed by atoms with Crippen LogP contribution in [0.25, 0.3) is 0 Å². The summed E-state index contributed by atoms with van der Waals surface area (Å²) in [6, 6.07) is 0. The molecular weight excluding hydrogens is 270 g/mol. The monoisotopic (exact) mass is 291 g/mol. The number of amides is 1. The molecule has 1 amide bonds. The van der Waals surface area contributed by atoms with E-state index in [1.165, 1.54) is 11.3 Å². The number of nitrogens with two attached hydrogens (primary N) is 1. The Kier molecular flexibility index (Phi) is 8.97. The van der Waals surface area contributed by atoms with Crippen molar-refractivity contribution in [1.82, 2.24) is 4.98 Å². The van der Waals surface area contributed by atoms with Gasteiger partial charge in [-0.2, -0.15) is 0 Å². The Labute approximate surface area is 119 Å². The van der Waals surface area contributed by atoms with E-state index in [1.54, 1.807) is 0 Å². The van der Waals surface area contributed by atoms with E-state index in [0.29, 0.717) is 11.6 Å². The van der Waals surface area contributed by atoms with E-state index in [2.05, 4.69) is 10.3 Å². The van der Waals surface area contributed by atoms with Crippen molar-refractivity contribution < 1.29 is 4.79 Å². The number of hydrogen-bond acceptors (Lipinski definition) is 4. The van der Waals surface area contributed by atoms with Crippen LogP contribution in [0.4, 0.5) is 5.13 Å². The third-order valence-corrected chi connectivity index (χ3v) is 3.62. The molecule has 0 atom stereocenters. The fourth-order valence-electron chi connectivity index (χ4n) is 1.49. The van der Waals surface area contributed by atoms with Crippen molar-refractivity contribution in [3.8, 4) is 0 Å². The van der Waals surface area contributed by atoms with Crippen molar-refractivity contribution in [2.24, 2.45) is 5.73 Å². The predicted octanol–water partition coefficient (Wildman–Crippen LogP) is 3.03. The van der Waals surface area contributed by atoms with Crippen molar-refractivity contribution in [1.29, 1.82) is 0 Å². The number of carbonyl (C=O) groups is 1. The van der Waals surface area contributed by atoms with Crippen LogP contribution in [0.1, 0.15) is 42.7 Å². The van der Waals surface area contributed by atoms with Crippen molar-refractivity contribution >= 4 is 34.8 Å². The fourth-order valence-corrected chi connectivity index (χ4v) is 2.32. The topological polar surface area (TPSA) is 68.0 Å². The zero-order chi connectivity index (χ0) is 12.7. The Morgan fingerprint density at radius 1 is 1.28 bits per heavy atom. The molecule has 1 aromatic heterocycles. The molecule has 104 valence electrons. The van der Waals surface area contributed by atoms with Gasteiger partial charge in [-0.25, -0.2) is 4.98 Å². The number of anilines is 1. The van der Waals surface area contributed by atoms with Crippen LogP contribution in [-0.4, -0.2) is 17.4 Å². The first-order valence-electron chi connectivity index (χ1n) is 6.07. The second kappa shape index (κ2) is 9.30. The Bertz CT molecular complexity index is 349. The molecule has 0 aliphatic heterocycles. The molecule has 0 spiro atoms. The molecule has 0 radical (unpaired) electrons. The lowest BCUT2D eigenvalue weighted by Crippen LogP contribution is -2.10. The zero-order valence-electron chi connectivity index (χ0n) is 11.0. The fraction of sp³-hybridized carbons (Fsp3) is 0.667. The van der Waals surface area contributed by atoms with Gasteiger partial charge in [-0.15, -0.1) is 23.7 Å². The molecule has 0 fully saturated rings. The minimum Gasteiger partial charge on any atom is -0.330 e. The van der Waals surface area contributed by atoms with E-state index in [-0.39, 0.29) is 18.3 Å². The van der Waals surface area contributed by atoms with E-state index < -0.39 is 0 Å². The van der Waals surface area contributed by atoms with Crippen molar-refractivity contribution in [2.45, 2.75) is 46.0 Å². The standard InChI is InChI=1S/C12H21N3OS.ClH/c1-9-10(2)17-12(14-9)15-11(16)7-5-3-4-6-8-13;/h3-8,13H2,1-2H3,(H,14,15,16);1H. The lowest BCUT2D eigenvalue weighted by molar-refractivity contribution is -0.116. The molecule has 1 aromatic rings. The van der Waals surface area contributed by atoms with Gasteiger partial charge in [0.15, 0.2) is 5.13 Å². The molecule has 1 heterocycles. The summed E-state index contributed by atoms with van der Waals surface area (Å²) in [5, 5.41) is 3.55. The third kappa shape index (κ3) is 6.33. The van der Waals surface area contributed by atoms with E-state index in [4.69, 9.17) is 5.73 Å². The van der Waals surface area contributed by atoms with Crippen LogP contribution in [0.5, 0.6) is 0 Å². The molecule has 18 heavy (non-hydrogen) atoms. The quantitative estimate of drug-likeness (QED) is 0.759. The van der Waals surface area contributed by atoms with E-state index in [0.717, 1.165) is 42.8 Å². The highest BCUT2D eigenvalue weighted by molar-refractivity contribution is 7.15. The minimum absolute atomic E-state index is 0. The minimum atomic E-state index is 0. The lowest BCUT2D eigenvalue weighted by atomic mass is 10.1. The maximum Gasteiger partial charge on any atom is 0.226 e. The van der Waals surface area contributed by atoms with Gasteiger partial charge in [-0.3, -0.25) is 4.79 Å². The van der Waals surface area contributed by atoms with Crippen LogP contribution in [-0.2, 0) is 4.79 Å². The summed E-state index contributed by atoms with van der Waals surface area (Å²) in [6.07, 6.45) is 4.73. The maximum absolute atomic E-state index is 11.6. The van der Waals surface area contributed by atoms with E-state index in [1.807, 2.05) is 13.8 Å². The van der Waals surface area contributed by atoms with Gasteiger partial charge in [-0.05, 0) is 33.2 Å². The number of carbonyl (C=O) groups excluding carboxylic acids is 1. The van der Waals surface area contributed by atoms with Gasteiger partial charge in [0.2, 0.25) is 5.91 Å². The summed E-state index contributed by atoms with van der Waals surface area (Å²) >= 11 is 1.53. The SMILES string of the molecule is Cc1nc(NC(=O)CCCCCCN)sc1C.Cl. The molecule has 0 aromatic carbocycles. The lowest BCUT2D eigenvalue weighted by Gasteiger charge is -2.01. The van der Waals surface area contributed by atoms with Crippen LogP contribution >= 0.6 is 23.7 Å². The van der Waals surface area contributed by atoms with Crippen molar-refractivity contribution in [3.05, 3.63) is 10.6 Å². The highest BCUT2D eigenvalue weighted by atomic mass is 35.5. The van der Waals surface area contributed by atoms with Crippen molar-refractivity contribution in [2.75, 3.05) is 11.9 Å².